The average molecular weight is 283 g/mol. The third-order valence-electron chi connectivity index (χ3n) is 3.49. The lowest BCUT2D eigenvalue weighted by Crippen LogP contribution is -2.25. The van der Waals surface area contributed by atoms with Crippen molar-refractivity contribution in [2.45, 2.75) is 6.04 Å². The first-order chi connectivity index (χ1) is 10.3. The van der Waals surface area contributed by atoms with Crippen molar-refractivity contribution in [2.24, 2.45) is 0 Å². The molecule has 0 saturated heterocycles. The van der Waals surface area contributed by atoms with Crippen molar-refractivity contribution in [1.29, 1.82) is 0 Å². The Bertz CT molecular complexity index is 879. The fraction of sp³-hybridized carbons (Fsp3) is 0.0833. The molecule has 3 aromatic rings. The zero-order valence-electron chi connectivity index (χ0n) is 10.6. The van der Waals surface area contributed by atoms with Crippen LogP contribution in [0, 0.1) is 10.1 Å². The van der Waals surface area contributed by atoms with Gasteiger partial charge in [-0.15, -0.1) is 0 Å². The zero-order valence-corrected chi connectivity index (χ0v) is 10.6. The summed E-state index contributed by atoms with van der Waals surface area (Å²) in [5, 5.41) is 26.2. The van der Waals surface area contributed by atoms with Crippen LogP contribution in [-0.4, -0.2) is 30.1 Å². The minimum absolute atomic E-state index is 0.0143. The van der Waals surface area contributed by atoms with E-state index in [2.05, 4.69) is 25.8 Å². The molecule has 1 unspecified atom stereocenters. The summed E-state index contributed by atoms with van der Waals surface area (Å²) in [6.45, 7) is 0. The lowest BCUT2D eigenvalue weighted by molar-refractivity contribution is -0.431. The van der Waals surface area contributed by atoms with Crippen molar-refractivity contribution in [3.8, 4) is 0 Å². The maximum atomic E-state index is 11.3. The van der Waals surface area contributed by atoms with Gasteiger partial charge < -0.3 is 10.3 Å². The molecular formula is C12H9N7O2. The van der Waals surface area contributed by atoms with Crippen LogP contribution in [0.15, 0.2) is 42.4 Å². The molecule has 2 N–H and O–H groups in total. The van der Waals surface area contributed by atoms with Gasteiger partial charge in [0.1, 0.15) is 0 Å². The molecule has 1 aliphatic heterocycles. The van der Waals surface area contributed by atoms with Gasteiger partial charge in [0.2, 0.25) is 5.95 Å². The van der Waals surface area contributed by atoms with Crippen LogP contribution in [0.5, 0.6) is 0 Å². The molecule has 0 spiro atoms. The van der Waals surface area contributed by atoms with Gasteiger partial charge in [-0.05, 0) is 16.5 Å². The van der Waals surface area contributed by atoms with Crippen molar-refractivity contribution in [1.82, 2.24) is 25.2 Å². The Kier molecular flexibility index (Phi) is 2.28. The van der Waals surface area contributed by atoms with Crippen LogP contribution in [0.25, 0.3) is 10.9 Å². The number of hydrogen-bond donors (Lipinski definition) is 2. The summed E-state index contributed by atoms with van der Waals surface area (Å²) in [5.41, 5.74) is 1.64. The maximum absolute atomic E-state index is 11.3. The first kappa shape index (κ1) is 11.6. The Balaban J connectivity index is 1.97. The summed E-state index contributed by atoms with van der Waals surface area (Å²) < 4.78 is 1.41. The molecule has 21 heavy (non-hydrogen) atoms. The second kappa shape index (κ2) is 4.13. The van der Waals surface area contributed by atoms with E-state index >= 15 is 0 Å². The van der Waals surface area contributed by atoms with Crippen molar-refractivity contribution in [3.05, 3.63) is 58.0 Å². The van der Waals surface area contributed by atoms with E-state index in [1.54, 1.807) is 6.20 Å². The lowest BCUT2D eigenvalue weighted by Gasteiger charge is -2.19. The molecule has 0 bridgehead atoms. The Hall–Kier alpha value is -3.23. The molecule has 0 saturated carbocycles. The molecule has 2 aromatic heterocycles. The second-order valence-corrected chi connectivity index (χ2v) is 4.61. The molecule has 1 aromatic carbocycles. The summed E-state index contributed by atoms with van der Waals surface area (Å²) in [6, 6.07) is 6.93. The fourth-order valence-electron chi connectivity index (χ4n) is 2.57. The Morgan fingerprint density at radius 1 is 1.33 bits per heavy atom. The minimum atomic E-state index is -0.678. The molecule has 104 valence electrons. The highest BCUT2D eigenvalue weighted by Crippen LogP contribution is 2.35. The third-order valence-corrected chi connectivity index (χ3v) is 3.49. The highest BCUT2D eigenvalue weighted by molar-refractivity contribution is 5.84. The van der Waals surface area contributed by atoms with Gasteiger partial charge in [0, 0.05) is 22.7 Å². The second-order valence-electron chi connectivity index (χ2n) is 4.61. The monoisotopic (exact) mass is 283 g/mol. The Labute approximate surface area is 117 Å². The van der Waals surface area contributed by atoms with Crippen LogP contribution in [0.1, 0.15) is 11.6 Å². The SMILES string of the molecule is O=[N+]([O-])C1=CNc2nnnn2C1c1c[nH]c2ccccc12. The number of para-hydroxylation sites is 1. The summed E-state index contributed by atoms with van der Waals surface area (Å²) in [5.74, 6) is 0.371. The number of aromatic nitrogens is 5. The molecule has 0 radical (unpaired) electrons. The van der Waals surface area contributed by atoms with Gasteiger partial charge in [-0.2, -0.15) is 4.68 Å². The summed E-state index contributed by atoms with van der Waals surface area (Å²) in [4.78, 5) is 14.0. The van der Waals surface area contributed by atoms with E-state index in [4.69, 9.17) is 0 Å². The molecule has 0 amide bonds. The number of H-pyrrole nitrogens is 1. The number of rotatable bonds is 2. The van der Waals surface area contributed by atoms with Crippen LogP contribution < -0.4 is 5.32 Å². The van der Waals surface area contributed by atoms with E-state index in [0.717, 1.165) is 16.5 Å². The molecule has 0 aliphatic carbocycles. The largest absolute Gasteiger partial charge is 0.361 e. The van der Waals surface area contributed by atoms with Gasteiger partial charge >= 0.3 is 0 Å². The van der Waals surface area contributed by atoms with E-state index in [-0.39, 0.29) is 5.70 Å². The standard InChI is InChI=1S/C12H9N7O2/c20-19(21)10-6-14-12-15-16-17-18(12)11(10)8-5-13-9-4-2-1-3-7(8)9/h1-6,11,13H,(H,14,15,17). The number of fused-ring (bicyclic) bond motifs is 2. The van der Waals surface area contributed by atoms with Crippen molar-refractivity contribution in [3.63, 3.8) is 0 Å². The van der Waals surface area contributed by atoms with Crippen LogP contribution in [0.2, 0.25) is 0 Å². The van der Waals surface area contributed by atoms with Crippen molar-refractivity contribution >= 4 is 16.9 Å². The fourth-order valence-corrected chi connectivity index (χ4v) is 2.57. The number of aromatic amines is 1. The summed E-state index contributed by atoms with van der Waals surface area (Å²) >= 11 is 0. The van der Waals surface area contributed by atoms with E-state index in [9.17, 15) is 10.1 Å². The van der Waals surface area contributed by atoms with Gasteiger partial charge in [0.15, 0.2) is 6.04 Å². The number of nitrogens with zero attached hydrogens (tertiary/aromatic N) is 5. The first-order valence-electron chi connectivity index (χ1n) is 6.20. The normalized spacial score (nSPS) is 17.1. The quantitative estimate of drug-likeness (QED) is 0.541. The van der Waals surface area contributed by atoms with Gasteiger partial charge in [-0.3, -0.25) is 10.1 Å². The maximum Gasteiger partial charge on any atom is 0.291 e. The third kappa shape index (κ3) is 1.60. The number of tetrazole rings is 1. The predicted octanol–water partition coefficient (Wildman–Crippen LogP) is 1.29. The minimum Gasteiger partial charge on any atom is -0.361 e. The van der Waals surface area contributed by atoms with Gasteiger partial charge in [0.25, 0.3) is 5.70 Å². The predicted molar refractivity (Wildman–Crippen MR) is 73.0 cm³/mol. The van der Waals surface area contributed by atoms with E-state index in [1.807, 2.05) is 24.3 Å². The van der Waals surface area contributed by atoms with E-state index in [0.29, 0.717) is 5.95 Å². The number of nitrogens with one attached hydrogen (secondary N) is 2. The van der Waals surface area contributed by atoms with Gasteiger partial charge in [-0.25, -0.2) is 0 Å². The highest BCUT2D eigenvalue weighted by Gasteiger charge is 2.36. The molecule has 9 heteroatoms. The molecule has 1 aliphatic rings. The number of anilines is 1. The van der Waals surface area contributed by atoms with Crippen LogP contribution in [0.4, 0.5) is 5.95 Å². The molecule has 0 fully saturated rings. The van der Waals surface area contributed by atoms with E-state index in [1.165, 1.54) is 10.9 Å². The van der Waals surface area contributed by atoms with Crippen LogP contribution >= 0.6 is 0 Å². The molecule has 4 rings (SSSR count). The molecule has 3 heterocycles. The van der Waals surface area contributed by atoms with Crippen LogP contribution in [0.3, 0.4) is 0 Å². The molecule has 9 nitrogen and oxygen atoms in total. The average Bonchev–Trinajstić information content (AvgIpc) is 3.12. The zero-order chi connectivity index (χ0) is 14.4. The smallest absolute Gasteiger partial charge is 0.291 e. The highest BCUT2D eigenvalue weighted by atomic mass is 16.6. The summed E-state index contributed by atoms with van der Waals surface area (Å²) in [7, 11) is 0. The topological polar surface area (TPSA) is 115 Å². The van der Waals surface area contributed by atoms with Crippen LogP contribution in [-0.2, 0) is 0 Å². The molecule has 1 atom stereocenters. The summed E-state index contributed by atoms with van der Waals surface area (Å²) in [6.07, 6.45) is 3.08. The van der Waals surface area contributed by atoms with E-state index < -0.39 is 11.0 Å². The van der Waals surface area contributed by atoms with Gasteiger partial charge in [-0.1, -0.05) is 23.3 Å². The first-order valence-corrected chi connectivity index (χ1v) is 6.20. The lowest BCUT2D eigenvalue weighted by atomic mass is 10.0. The van der Waals surface area contributed by atoms with Crippen molar-refractivity contribution < 1.29 is 4.92 Å². The number of hydrogen-bond acceptors (Lipinski definition) is 6. The van der Waals surface area contributed by atoms with Crippen molar-refractivity contribution in [2.75, 3.05) is 5.32 Å². The number of allylic oxidation sites excluding steroid dienone is 1. The number of nitro groups is 1. The molecular weight excluding hydrogens is 274 g/mol. The van der Waals surface area contributed by atoms with Gasteiger partial charge in [0.05, 0.1) is 11.1 Å². The number of benzene rings is 1. The Morgan fingerprint density at radius 2 is 2.19 bits per heavy atom. The Morgan fingerprint density at radius 3 is 3.05 bits per heavy atom.